The van der Waals surface area contributed by atoms with E-state index in [1.165, 1.54) is 0 Å². The number of Topliss-reactive ketones (excluding diaryl/α,β-unsaturated/α-hetero) is 1. The van der Waals surface area contributed by atoms with Crippen molar-refractivity contribution in [3.63, 3.8) is 0 Å². The molecule has 4 nitrogen and oxygen atoms in total. The fourth-order valence-electron chi connectivity index (χ4n) is 1.86. The van der Waals surface area contributed by atoms with Gasteiger partial charge in [0.25, 0.3) is 0 Å². The van der Waals surface area contributed by atoms with E-state index in [0.29, 0.717) is 16.9 Å². The zero-order valence-corrected chi connectivity index (χ0v) is 14.4. The van der Waals surface area contributed by atoms with Crippen molar-refractivity contribution >= 4 is 34.3 Å². The van der Waals surface area contributed by atoms with Crippen LogP contribution in [0.3, 0.4) is 0 Å². The largest absolute Gasteiger partial charge is 0.497 e. The van der Waals surface area contributed by atoms with E-state index in [2.05, 4.69) is 22.6 Å². The highest BCUT2D eigenvalue weighted by Crippen LogP contribution is 2.15. The normalized spacial score (nSPS) is 11.6. The van der Waals surface area contributed by atoms with Crippen molar-refractivity contribution in [2.75, 3.05) is 7.11 Å². The first kappa shape index (κ1) is 16.5. The average Bonchev–Trinajstić information content (AvgIpc) is 2.54. The van der Waals surface area contributed by atoms with Gasteiger partial charge in [0.05, 0.1) is 12.7 Å². The Kier molecular flexibility index (Phi) is 5.54. The number of ketones is 1. The van der Waals surface area contributed by atoms with Crippen molar-refractivity contribution in [1.82, 2.24) is 0 Å². The highest BCUT2D eigenvalue weighted by atomic mass is 127. The van der Waals surface area contributed by atoms with Crippen LogP contribution in [0.1, 0.15) is 27.6 Å². The zero-order chi connectivity index (χ0) is 16.1. The Morgan fingerprint density at radius 1 is 0.955 bits per heavy atom. The molecule has 0 amide bonds. The van der Waals surface area contributed by atoms with Crippen LogP contribution in [-0.2, 0) is 4.74 Å². The molecule has 0 saturated heterocycles. The highest BCUT2D eigenvalue weighted by Gasteiger charge is 2.20. The average molecular weight is 410 g/mol. The van der Waals surface area contributed by atoms with Crippen LogP contribution in [0.2, 0.25) is 0 Å². The fraction of sp³-hybridized carbons (Fsp3) is 0.176. The summed E-state index contributed by atoms with van der Waals surface area (Å²) in [5, 5.41) is 0. The number of hydrogen-bond donors (Lipinski definition) is 0. The van der Waals surface area contributed by atoms with Gasteiger partial charge in [-0.2, -0.15) is 0 Å². The van der Waals surface area contributed by atoms with Crippen LogP contribution in [0.15, 0.2) is 48.5 Å². The zero-order valence-electron chi connectivity index (χ0n) is 12.2. The summed E-state index contributed by atoms with van der Waals surface area (Å²) in [5.41, 5.74) is 0.901. The van der Waals surface area contributed by atoms with Gasteiger partial charge in [-0.1, -0.05) is 0 Å². The van der Waals surface area contributed by atoms with Crippen molar-refractivity contribution in [1.29, 1.82) is 0 Å². The number of halogens is 1. The standard InChI is InChI=1S/C17H15IO4/c1-11(16(19)12-5-9-15(21-2)10-6-12)22-17(20)13-3-7-14(18)8-4-13/h3-11H,1-2H3/t11-/m1/s1. The summed E-state index contributed by atoms with van der Waals surface area (Å²) >= 11 is 2.15. The fourth-order valence-corrected chi connectivity index (χ4v) is 2.22. The molecule has 5 heteroatoms. The summed E-state index contributed by atoms with van der Waals surface area (Å²) in [4.78, 5) is 24.3. The predicted octanol–water partition coefficient (Wildman–Crippen LogP) is 3.73. The summed E-state index contributed by atoms with van der Waals surface area (Å²) in [6, 6.07) is 13.7. The Hall–Kier alpha value is -1.89. The van der Waals surface area contributed by atoms with Gasteiger partial charge in [-0.05, 0) is 78.0 Å². The molecule has 0 aliphatic rings. The molecule has 0 aliphatic carbocycles. The van der Waals surface area contributed by atoms with E-state index in [1.807, 2.05) is 12.1 Å². The molecule has 0 fully saturated rings. The maximum Gasteiger partial charge on any atom is 0.338 e. The molecule has 0 saturated carbocycles. The molecule has 0 bridgehead atoms. The predicted molar refractivity (Wildman–Crippen MR) is 91.4 cm³/mol. The Morgan fingerprint density at radius 3 is 2.05 bits per heavy atom. The van der Waals surface area contributed by atoms with Crippen molar-refractivity contribution in [2.45, 2.75) is 13.0 Å². The Labute approximate surface area is 142 Å². The summed E-state index contributed by atoms with van der Waals surface area (Å²) in [7, 11) is 1.56. The van der Waals surface area contributed by atoms with Gasteiger partial charge in [-0.25, -0.2) is 4.79 Å². The van der Waals surface area contributed by atoms with Crippen LogP contribution in [0.25, 0.3) is 0 Å². The van der Waals surface area contributed by atoms with Crippen LogP contribution in [0, 0.1) is 3.57 Å². The lowest BCUT2D eigenvalue weighted by Crippen LogP contribution is -2.24. The summed E-state index contributed by atoms with van der Waals surface area (Å²) in [6.07, 6.45) is -0.847. The Balaban J connectivity index is 2.03. The molecular formula is C17H15IO4. The van der Waals surface area contributed by atoms with Gasteiger partial charge in [0.2, 0.25) is 5.78 Å². The maximum absolute atomic E-state index is 12.2. The van der Waals surface area contributed by atoms with E-state index in [4.69, 9.17) is 9.47 Å². The minimum Gasteiger partial charge on any atom is -0.497 e. The molecule has 2 aromatic rings. The number of carbonyl (C=O) groups excluding carboxylic acids is 2. The van der Waals surface area contributed by atoms with E-state index >= 15 is 0 Å². The Morgan fingerprint density at radius 2 is 1.50 bits per heavy atom. The van der Waals surface area contributed by atoms with Crippen LogP contribution in [0.5, 0.6) is 5.75 Å². The van der Waals surface area contributed by atoms with Gasteiger partial charge in [0, 0.05) is 9.13 Å². The molecule has 22 heavy (non-hydrogen) atoms. The number of esters is 1. The third-order valence-electron chi connectivity index (χ3n) is 3.11. The molecule has 0 N–H and O–H groups in total. The second kappa shape index (κ2) is 7.40. The summed E-state index contributed by atoms with van der Waals surface area (Å²) in [6.45, 7) is 1.57. The SMILES string of the molecule is COc1ccc(C(=O)[C@@H](C)OC(=O)c2ccc(I)cc2)cc1. The molecule has 0 radical (unpaired) electrons. The molecule has 0 aromatic heterocycles. The van der Waals surface area contributed by atoms with Crippen molar-refractivity contribution in [3.8, 4) is 5.75 Å². The molecule has 114 valence electrons. The van der Waals surface area contributed by atoms with Crippen molar-refractivity contribution < 1.29 is 19.1 Å². The molecule has 0 aliphatic heterocycles. The van der Waals surface area contributed by atoms with Gasteiger partial charge >= 0.3 is 5.97 Å². The smallest absolute Gasteiger partial charge is 0.338 e. The molecule has 2 aromatic carbocycles. The van der Waals surface area contributed by atoms with E-state index in [9.17, 15) is 9.59 Å². The van der Waals surface area contributed by atoms with E-state index in [1.54, 1.807) is 50.4 Å². The quantitative estimate of drug-likeness (QED) is 0.428. The van der Waals surface area contributed by atoms with Gasteiger partial charge in [0.1, 0.15) is 5.75 Å². The van der Waals surface area contributed by atoms with Crippen LogP contribution in [0.4, 0.5) is 0 Å². The van der Waals surface area contributed by atoms with Gasteiger partial charge in [-0.3, -0.25) is 4.79 Å². The minimum absolute atomic E-state index is 0.249. The Bertz CT molecular complexity index is 662. The second-order valence-electron chi connectivity index (χ2n) is 4.65. The van der Waals surface area contributed by atoms with Gasteiger partial charge in [-0.15, -0.1) is 0 Å². The maximum atomic E-state index is 12.2. The number of benzene rings is 2. The molecule has 0 unspecified atom stereocenters. The molecule has 2 rings (SSSR count). The van der Waals surface area contributed by atoms with Crippen LogP contribution in [-0.4, -0.2) is 25.0 Å². The minimum atomic E-state index is -0.847. The first-order valence-electron chi connectivity index (χ1n) is 6.66. The van der Waals surface area contributed by atoms with E-state index < -0.39 is 12.1 Å². The lowest BCUT2D eigenvalue weighted by Gasteiger charge is -2.12. The van der Waals surface area contributed by atoms with E-state index in [0.717, 1.165) is 3.57 Å². The third kappa shape index (κ3) is 4.07. The second-order valence-corrected chi connectivity index (χ2v) is 5.89. The summed E-state index contributed by atoms with van der Waals surface area (Å²) < 4.78 is 11.3. The third-order valence-corrected chi connectivity index (χ3v) is 3.83. The number of ether oxygens (including phenoxy) is 2. The number of hydrogen-bond acceptors (Lipinski definition) is 4. The van der Waals surface area contributed by atoms with Crippen molar-refractivity contribution in [2.24, 2.45) is 0 Å². The lowest BCUT2D eigenvalue weighted by atomic mass is 10.1. The van der Waals surface area contributed by atoms with Crippen molar-refractivity contribution in [3.05, 3.63) is 63.2 Å². The van der Waals surface area contributed by atoms with Gasteiger partial charge in [0.15, 0.2) is 6.10 Å². The lowest BCUT2D eigenvalue weighted by molar-refractivity contribution is 0.0319. The molecular weight excluding hydrogens is 395 g/mol. The van der Waals surface area contributed by atoms with Crippen LogP contribution >= 0.6 is 22.6 Å². The number of carbonyl (C=O) groups is 2. The molecule has 1 atom stereocenters. The topological polar surface area (TPSA) is 52.6 Å². The monoisotopic (exact) mass is 410 g/mol. The molecule has 0 spiro atoms. The number of methoxy groups -OCH3 is 1. The highest BCUT2D eigenvalue weighted by molar-refractivity contribution is 14.1. The van der Waals surface area contributed by atoms with E-state index in [-0.39, 0.29) is 5.78 Å². The first-order valence-corrected chi connectivity index (χ1v) is 7.74. The first-order chi connectivity index (χ1) is 10.5. The molecule has 0 heterocycles. The summed E-state index contributed by atoms with van der Waals surface area (Å²) in [5.74, 6) is -0.0904. The van der Waals surface area contributed by atoms with Gasteiger partial charge < -0.3 is 9.47 Å². The van der Waals surface area contributed by atoms with Crippen LogP contribution < -0.4 is 4.74 Å². The number of rotatable bonds is 5.